The highest BCUT2D eigenvalue weighted by molar-refractivity contribution is 4.83. The van der Waals surface area contributed by atoms with Crippen LogP contribution in [0.3, 0.4) is 0 Å². The van der Waals surface area contributed by atoms with Gasteiger partial charge in [-0.05, 0) is 48.9 Å². The van der Waals surface area contributed by atoms with Crippen LogP contribution in [0.2, 0.25) is 0 Å². The fourth-order valence-corrected chi connectivity index (χ4v) is 4.03. The van der Waals surface area contributed by atoms with Crippen LogP contribution in [0.1, 0.15) is 79.6 Å². The van der Waals surface area contributed by atoms with Crippen LogP contribution in [0.25, 0.3) is 0 Å². The first-order valence-corrected chi connectivity index (χ1v) is 8.31. The smallest absolute Gasteiger partial charge is 0.0241 e. The number of rotatable bonds is 6. The van der Waals surface area contributed by atoms with E-state index in [1.54, 1.807) is 0 Å². The highest BCUT2D eigenvalue weighted by atomic mass is 15.2. The van der Waals surface area contributed by atoms with Crippen LogP contribution >= 0.6 is 0 Å². The van der Waals surface area contributed by atoms with Crippen molar-refractivity contribution < 1.29 is 0 Å². The number of nitrogens with two attached hydrogens (primary N) is 1. The lowest BCUT2D eigenvalue weighted by molar-refractivity contribution is 0.178. The summed E-state index contributed by atoms with van der Waals surface area (Å²) in [7, 11) is 0. The van der Waals surface area contributed by atoms with E-state index >= 15 is 0 Å². The van der Waals surface area contributed by atoms with Crippen molar-refractivity contribution >= 4 is 0 Å². The molecule has 1 saturated carbocycles. The Bertz CT molecular complexity index is 244. The van der Waals surface area contributed by atoms with E-state index in [4.69, 9.17) is 5.84 Å². The average molecular weight is 268 g/mol. The molecule has 4 unspecified atom stereocenters. The zero-order valence-electron chi connectivity index (χ0n) is 13.8. The predicted molar refractivity (Wildman–Crippen MR) is 84.7 cm³/mol. The Balaban J connectivity index is 2.48. The first-order chi connectivity index (χ1) is 8.85. The normalized spacial score (nSPS) is 28.1. The second-order valence-electron chi connectivity index (χ2n) is 8.08. The molecule has 0 saturated heterocycles. The summed E-state index contributed by atoms with van der Waals surface area (Å²) >= 11 is 0. The molecule has 114 valence electrons. The first kappa shape index (κ1) is 17.0. The van der Waals surface area contributed by atoms with Crippen LogP contribution in [0.15, 0.2) is 0 Å². The molecule has 1 aliphatic rings. The van der Waals surface area contributed by atoms with E-state index in [1.807, 2.05) is 0 Å². The van der Waals surface area contributed by atoms with E-state index in [0.717, 1.165) is 17.8 Å². The minimum absolute atomic E-state index is 0.428. The second kappa shape index (κ2) is 7.64. The Kier molecular flexibility index (Phi) is 6.82. The van der Waals surface area contributed by atoms with Crippen LogP contribution in [0.4, 0.5) is 0 Å². The van der Waals surface area contributed by atoms with Gasteiger partial charge in [0.25, 0.3) is 0 Å². The lowest BCUT2D eigenvalue weighted by Crippen LogP contribution is -2.43. The molecule has 0 bridgehead atoms. The highest BCUT2D eigenvalue weighted by Gasteiger charge is 2.29. The van der Waals surface area contributed by atoms with Gasteiger partial charge in [0.2, 0.25) is 0 Å². The Morgan fingerprint density at radius 1 is 1.26 bits per heavy atom. The molecule has 0 spiro atoms. The number of hydrazine groups is 1. The number of hydrogen-bond acceptors (Lipinski definition) is 2. The van der Waals surface area contributed by atoms with E-state index in [2.05, 4.69) is 40.0 Å². The number of hydrogen-bond donors (Lipinski definition) is 2. The van der Waals surface area contributed by atoms with Crippen molar-refractivity contribution in [2.45, 2.75) is 85.6 Å². The molecule has 0 radical (unpaired) electrons. The van der Waals surface area contributed by atoms with Crippen LogP contribution in [0, 0.1) is 23.2 Å². The average Bonchev–Trinajstić information content (AvgIpc) is 2.34. The molecule has 19 heavy (non-hydrogen) atoms. The third kappa shape index (κ3) is 6.27. The van der Waals surface area contributed by atoms with E-state index in [1.165, 1.54) is 44.9 Å². The van der Waals surface area contributed by atoms with Gasteiger partial charge in [-0.25, -0.2) is 0 Å². The maximum atomic E-state index is 5.85. The Labute approximate surface area is 120 Å². The molecule has 3 N–H and O–H groups in total. The fraction of sp³-hybridized carbons (Fsp3) is 1.00. The van der Waals surface area contributed by atoms with E-state index in [9.17, 15) is 0 Å². The van der Waals surface area contributed by atoms with Crippen molar-refractivity contribution in [3.05, 3.63) is 0 Å². The zero-order valence-corrected chi connectivity index (χ0v) is 13.8. The second-order valence-corrected chi connectivity index (χ2v) is 8.08. The molecule has 0 aromatic carbocycles. The van der Waals surface area contributed by atoms with Gasteiger partial charge in [-0.3, -0.25) is 11.3 Å². The lowest BCUT2D eigenvalue weighted by atomic mass is 9.74. The summed E-state index contributed by atoms with van der Waals surface area (Å²) in [5.41, 5.74) is 3.56. The van der Waals surface area contributed by atoms with Crippen molar-refractivity contribution in [3.63, 3.8) is 0 Å². The third-order valence-electron chi connectivity index (χ3n) is 4.80. The molecular weight excluding hydrogens is 232 g/mol. The van der Waals surface area contributed by atoms with Crippen LogP contribution in [-0.2, 0) is 0 Å². The van der Waals surface area contributed by atoms with E-state index in [-0.39, 0.29) is 0 Å². The molecule has 0 amide bonds. The van der Waals surface area contributed by atoms with Crippen LogP contribution in [-0.4, -0.2) is 6.04 Å². The SMILES string of the molecule is CCC1CCCC(C(CC(C)CC(C)(C)C)NN)C1. The molecule has 0 aromatic rings. The Hall–Kier alpha value is -0.0800. The fourth-order valence-electron chi connectivity index (χ4n) is 4.03. The molecule has 2 nitrogen and oxygen atoms in total. The van der Waals surface area contributed by atoms with Gasteiger partial charge in [-0.15, -0.1) is 0 Å². The van der Waals surface area contributed by atoms with Crippen molar-refractivity contribution in [3.8, 4) is 0 Å². The molecule has 2 heteroatoms. The van der Waals surface area contributed by atoms with Gasteiger partial charge in [-0.2, -0.15) is 0 Å². The molecule has 1 aliphatic carbocycles. The van der Waals surface area contributed by atoms with E-state index < -0.39 is 0 Å². The van der Waals surface area contributed by atoms with Gasteiger partial charge >= 0.3 is 0 Å². The molecule has 0 heterocycles. The summed E-state index contributed by atoms with van der Waals surface area (Å²) in [6.45, 7) is 11.7. The standard InChI is InChI=1S/C17H36N2/c1-6-14-8-7-9-15(11-14)16(19-18)10-13(2)12-17(3,4)5/h13-16,19H,6-12,18H2,1-5H3. The molecule has 1 fully saturated rings. The summed E-state index contributed by atoms with van der Waals surface area (Å²) in [4.78, 5) is 0. The van der Waals surface area contributed by atoms with Crippen molar-refractivity contribution in [1.82, 2.24) is 5.43 Å². The highest BCUT2D eigenvalue weighted by Crippen LogP contribution is 2.35. The van der Waals surface area contributed by atoms with Crippen molar-refractivity contribution in [1.29, 1.82) is 0 Å². The summed E-state index contributed by atoms with van der Waals surface area (Å²) in [6.07, 6.45) is 9.44. The van der Waals surface area contributed by atoms with Gasteiger partial charge in [0.05, 0.1) is 0 Å². The van der Waals surface area contributed by atoms with Crippen LogP contribution < -0.4 is 11.3 Å². The molecule has 0 aromatic heterocycles. The minimum atomic E-state index is 0.428. The zero-order chi connectivity index (χ0) is 14.5. The Morgan fingerprint density at radius 2 is 1.95 bits per heavy atom. The maximum absolute atomic E-state index is 5.85. The molecular formula is C17H36N2. The summed E-state index contributed by atoms with van der Waals surface area (Å²) in [6, 6.07) is 0.520. The third-order valence-corrected chi connectivity index (χ3v) is 4.80. The number of nitrogens with one attached hydrogen (secondary N) is 1. The largest absolute Gasteiger partial charge is 0.271 e. The summed E-state index contributed by atoms with van der Waals surface area (Å²) in [5, 5.41) is 0. The van der Waals surface area contributed by atoms with Gasteiger partial charge < -0.3 is 0 Å². The first-order valence-electron chi connectivity index (χ1n) is 8.31. The van der Waals surface area contributed by atoms with Gasteiger partial charge in [0.1, 0.15) is 0 Å². The molecule has 4 atom stereocenters. The van der Waals surface area contributed by atoms with Gasteiger partial charge in [0.15, 0.2) is 0 Å². The molecule has 1 rings (SSSR count). The van der Waals surface area contributed by atoms with Gasteiger partial charge in [0, 0.05) is 6.04 Å². The van der Waals surface area contributed by atoms with Crippen LogP contribution in [0.5, 0.6) is 0 Å². The minimum Gasteiger partial charge on any atom is -0.271 e. The van der Waals surface area contributed by atoms with Crippen molar-refractivity contribution in [2.24, 2.45) is 29.0 Å². The predicted octanol–water partition coefficient (Wildman–Crippen LogP) is 4.50. The van der Waals surface area contributed by atoms with Gasteiger partial charge in [-0.1, -0.05) is 53.9 Å². The summed E-state index contributed by atoms with van der Waals surface area (Å²) in [5.74, 6) is 8.34. The monoisotopic (exact) mass is 268 g/mol. The maximum Gasteiger partial charge on any atom is 0.0241 e. The molecule has 0 aliphatic heterocycles. The van der Waals surface area contributed by atoms with Crippen molar-refractivity contribution in [2.75, 3.05) is 0 Å². The van der Waals surface area contributed by atoms with E-state index in [0.29, 0.717) is 11.5 Å². The topological polar surface area (TPSA) is 38.0 Å². The summed E-state index contributed by atoms with van der Waals surface area (Å²) < 4.78 is 0. The quantitative estimate of drug-likeness (QED) is 0.550. The Morgan fingerprint density at radius 3 is 2.47 bits per heavy atom. The lowest BCUT2D eigenvalue weighted by Gasteiger charge is -2.36.